The van der Waals surface area contributed by atoms with Crippen LogP contribution in [0.2, 0.25) is 0 Å². The van der Waals surface area contributed by atoms with Gasteiger partial charge in [0, 0.05) is 0 Å². The van der Waals surface area contributed by atoms with Crippen LogP contribution in [-0.4, -0.2) is 29.1 Å². The van der Waals surface area contributed by atoms with Gasteiger partial charge in [-0.3, -0.25) is 4.79 Å². The molecule has 0 saturated carbocycles. The van der Waals surface area contributed by atoms with Crippen molar-refractivity contribution < 1.29 is 14.7 Å². The monoisotopic (exact) mass is 202 g/mol. The molecule has 2 atom stereocenters. The zero-order valence-corrected chi connectivity index (χ0v) is 9.00. The minimum absolute atomic E-state index is 0.452. The van der Waals surface area contributed by atoms with Crippen LogP contribution in [0.15, 0.2) is 0 Å². The highest BCUT2D eigenvalue weighted by Gasteiger charge is 2.32. The SMILES string of the molecule is C[C@@H](N)C(=O)N[C@@H](C(=O)O)C(C)(C)C. The third kappa shape index (κ3) is 3.74. The Balaban J connectivity index is 4.56. The molecule has 0 radical (unpaired) electrons. The molecule has 1 amide bonds. The van der Waals surface area contributed by atoms with E-state index in [1.54, 1.807) is 20.8 Å². The summed E-state index contributed by atoms with van der Waals surface area (Å²) in [6.45, 7) is 6.74. The molecule has 0 spiro atoms. The van der Waals surface area contributed by atoms with E-state index in [4.69, 9.17) is 10.8 Å². The predicted octanol–water partition coefficient (Wildman–Crippen LogP) is -0.0509. The number of carbonyl (C=O) groups excluding carboxylic acids is 1. The molecule has 0 rings (SSSR count). The first-order valence-electron chi connectivity index (χ1n) is 4.45. The standard InChI is InChI=1S/C9H18N2O3/c1-5(10)7(12)11-6(8(13)14)9(2,3)4/h5-6H,10H2,1-4H3,(H,11,12)(H,13,14)/t5-,6+/m1/s1. The molecule has 0 aliphatic heterocycles. The van der Waals surface area contributed by atoms with Crippen molar-refractivity contribution in [3.05, 3.63) is 0 Å². The summed E-state index contributed by atoms with van der Waals surface area (Å²) in [4.78, 5) is 22.1. The Bertz CT molecular complexity index is 231. The van der Waals surface area contributed by atoms with Crippen LogP contribution in [0.5, 0.6) is 0 Å². The van der Waals surface area contributed by atoms with Gasteiger partial charge in [-0.2, -0.15) is 0 Å². The third-order valence-corrected chi connectivity index (χ3v) is 1.81. The molecule has 5 heteroatoms. The average Bonchev–Trinajstić information content (AvgIpc) is 1.96. The van der Waals surface area contributed by atoms with Gasteiger partial charge >= 0.3 is 5.97 Å². The van der Waals surface area contributed by atoms with E-state index in [0.29, 0.717) is 0 Å². The highest BCUT2D eigenvalue weighted by molar-refractivity contribution is 5.86. The average molecular weight is 202 g/mol. The van der Waals surface area contributed by atoms with Crippen LogP contribution in [0.3, 0.4) is 0 Å². The Kier molecular flexibility index (Phi) is 4.07. The highest BCUT2D eigenvalue weighted by atomic mass is 16.4. The van der Waals surface area contributed by atoms with E-state index in [1.807, 2.05) is 0 Å². The number of nitrogens with one attached hydrogen (secondary N) is 1. The highest BCUT2D eigenvalue weighted by Crippen LogP contribution is 2.19. The maximum absolute atomic E-state index is 11.2. The fourth-order valence-electron chi connectivity index (χ4n) is 0.922. The molecule has 0 aliphatic rings. The quantitative estimate of drug-likeness (QED) is 0.598. The lowest BCUT2D eigenvalue weighted by Crippen LogP contribution is -2.52. The van der Waals surface area contributed by atoms with Crippen LogP contribution in [0.25, 0.3) is 0 Å². The van der Waals surface area contributed by atoms with Crippen LogP contribution in [-0.2, 0) is 9.59 Å². The van der Waals surface area contributed by atoms with Crippen molar-refractivity contribution in [2.75, 3.05) is 0 Å². The number of aliphatic carboxylic acids is 1. The summed E-state index contributed by atoms with van der Waals surface area (Å²) >= 11 is 0. The Morgan fingerprint density at radius 2 is 1.79 bits per heavy atom. The van der Waals surface area contributed by atoms with Gasteiger partial charge in [-0.25, -0.2) is 4.79 Å². The number of nitrogens with two attached hydrogens (primary N) is 1. The molecule has 0 aromatic carbocycles. The lowest BCUT2D eigenvalue weighted by molar-refractivity contribution is -0.145. The minimum Gasteiger partial charge on any atom is -0.480 e. The van der Waals surface area contributed by atoms with Crippen molar-refractivity contribution in [2.24, 2.45) is 11.1 Å². The summed E-state index contributed by atoms with van der Waals surface area (Å²) in [6, 6.07) is -1.61. The van der Waals surface area contributed by atoms with Crippen molar-refractivity contribution in [2.45, 2.75) is 39.8 Å². The second kappa shape index (κ2) is 4.41. The van der Waals surface area contributed by atoms with Crippen LogP contribution < -0.4 is 11.1 Å². The number of carboxylic acids is 1. The molecule has 0 aliphatic carbocycles. The van der Waals surface area contributed by atoms with Gasteiger partial charge in [0.15, 0.2) is 0 Å². The first-order chi connectivity index (χ1) is 6.16. The number of carbonyl (C=O) groups is 2. The van der Waals surface area contributed by atoms with Crippen molar-refractivity contribution in [1.82, 2.24) is 5.32 Å². The zero-order valence-electron chi connectivity index (χ0n) is 9.00. The van der Waals surface area contributed by atoms with Crippen LogP contribution >= 0.6 is 0 Å². The molecule has 14 heavy (non-hydrogen) atoms. The van der Waals surface area contributed by atoms with E-state index in [1.165, 1.54) is 6.92 Å². The molecular weight excluding hydrogens is 184 g/mol. The molecule has 0 heterocycles. The second-order valence-electron chi connectivity index (χ2n) is 4.43. The second-order valence-corrected chi connectivity index (χ2v) is 4.43. The maximum atomic E-state index is 11.2. The molecular formula is C9H18N2O3. The van der Waals surface area contributed by atoms with Gasteiger partial charge in [-0.05, 0) is 12.3 Å². The fourth-order valence-corrected chi connectivity index (χ4v) is 0.922. The molecule has 4 N–H and O–H groups in total. The molecule has 0 bridgehead atoms. The zero-order chi connectivity index (χ0) is 11.5. The van der Waals surface area contributed by atoms with Gasteiger partial charge in [0.05, 0.1) is 6.04 Å². The Labute approximate surface area is 83.7 Å². The number of hydrogen-bond acceptors (Lipinski definition) is 3. The Hall–Kier alpha value is -1.10. The van der Waals surface area contributed by atoms with E-state index in [9.17, 15) is 9.59 Å². The largest absolute Gasteiger partial charge is 0.480 e. The van der Waals surface area contributed by atoms with Gasteiger partial charge in [0.2, 0.25) is 5.91 Å². The smallest absolute Gasteiger partial charge is 0.326 e. The lowest BCUT2D eigenvalue weighted by Gasteiger charge is -2.28. The topological polar surface area (TPSA) is 92.4 Å². The van der Waals surface area contributed by atoms with E-state index in [-0.39, 0.29) is 0 Å². The summed E-state index contributed by atoms with van der Waals surface area (Å²) in [5, 5.41) is 11.3. The number of rotatable bonds is 3. The van der Waals surface area contributed by atoms with Crippen molar-refractivity contribution >= 4 is 11.9 Å². The lowest BCUT2D eigenvalue weighted by atomic mass is 9.86. The predicted molar refractivity (Wildman–Crippen MR) is 52.7 cm³/mol. The van der Waals surface area contributed by atoms with Gasteiger partial charge in [-0.1, -0.05) is 20.8 Å². The summed E-state index contributed by atoms with van der Waals surface area (Å²) in [5.74, 6) is -1.50. The van der Waals surface area contributed by atoms with E-state index in [0.717, 1.165) is 0 Å². The number of amides is 1. The van der Waals surface area contributed by atoms with Crippen LogP contribution in [0.4, 0.5) is 0 Å². The van der Waals surface area contributed by atoms with Crippen molar-refractivity contribution in [3.8, 4) is 0 Å². The number of carboxylic acid groups (broad SMARTS) is 1. The van der Waals surface area contributed by atoms with Crippen molar-refractivity contribution in [1.29, 1.82) is 0 Å². The minimum atomic E-state index is -1.05. The van der Waals surface area contributed by atoms with Crippen molar-refractivity contribution in [3.63, 3.8) is 0 Å². The summed E-state index contributed by atoms with van der Waals surface area (Å²) in [5.41, 5.74) is 4.79. The molecule has 0 aromatic rings. The first kappa shape index (κ1) is 12.9. The van der Waals surface area contributed by atoms with Crippen LogP contribution in [0.1, 0.15) is 27.7 Å². The van der Waals surface area contributed by atoms with Crippen LogP contribution in [0, 0.1) is 5.41 Å². The molecule has 0 unspecified atom stereocenters. The molecule has 0 fully saturated rings. The Morgan fingerprint density at radius 3 is 2.00 bits per heavy atom. The fraction of sp³-hybridized carbons (Fsp3) is 0.778. The summed E-state index contributed by atoms with van der Waals surface area (Å²) in [6.07, 6.45) is 0. The molecule has 5 nitrogen and oxygen atoms in total. The van der Waals surface area contributed by atoms with Gasteiger partial charge < -0.3 is 16.2 Å². The van der Waals surface area contributed by atoms with Gasteiger partial charge in [-0.15, -0.1) is 0 Å². The molecule has 0 saturated heterocycles. The van der Waals surface area contributed by atoms with Gasteiger partial charge in [0.25, 0.3) is 0 Å². The van der Waals surface area contributed by atoms with E-state index < -0.39 is 29.4 Å². The van der Waals surface area contributed by atoms with E-state index in [2.05, 4.69) is 5.32 Å². The van der Waals surface area contributed by atoms with Gasteiger partial charge in [0.1, 0.15) is 6.04 Å². The normalized spacial score (nSPS) is 15.8. The Morgan fingerprint density at radius 1 is 1.36 bits per heavy atom. The first-order valence-corrected chi connectivity index (χ1v) is 4.45. The number of hydrogen-bond donors (Lipinski definition) is 3. The third-order valence-electron chi connectivity index (χ3n) is 1.81. The summed E-state index contributed by atoms with van der Waals surface area (Å²) < 4.78 is 0. The summed E-state index contributed by atoms with van der Waals surface area (Å²) in [7, 11) is 0. The van der Waals surface area contributed by atoms with E-state index >= 15 is 0 Å². The maximum Gasteiger partial charge on any atom is 0.326 e. The molecule has 82 valence electrons. The molecule has 0 aromatic heterocycles.